The second-order valence-corrected chi connectivity index (χ2v) is 13.0. The lowest BCUT2D eigenvalue weighted by Crippen LogP contribution is -2.62. The highest BCUT2D eigenvalue weighted by atomic mass is 35.5. The second kappa shape index (κ2) is 8.78. The van der Waals surface area contributed by atoms with Crippen LogP contribution in [0.1, 0.15) is 37.6 Å². The molecule has 2 aromatic rings. The lowest BCUT2D eigenvalue weighted by molar-refractivity contribution is 0.0380. The Morgan fingerprint density at radius 1 is 1.35 bits per heavy atom. The molecule has 2 aliphatic rings. The monoisotopic (exact) mass is 526 g/mol. The Labute approximate surface area is 208 Å². The molecule has 1 amide bonds. The number of pyridine rings is 1. The van der Waals surface area contributed by atoms with Crippen molar-refractivity contribution < 1.29 is 22.7 Å². The van der Waals surface area contributed by atoms with E-state index in [1.807, 2.05) is 13.0 Å². The minimum atomic E-state index is -3.90. The van der Waals surface area contributed by atoms with Crippen molar-refractivity contribution in [3.05, 3.63) is 40.0 Å². The van der Waals surface area contributed by atoms with E-state index in [-0.39, 0.29) is 25.6 Å². The number of alkyl carbamates (subject to hydrolysis) is 1. The van der Waals surface area contributed by atoms with Crippen LogP contribution in [0.2, 0.25) is 5.02 Å². The number of halogens is 1. The van der Waals surface area contributed by atoms with Crippen molar-refractivity contribution in [1.82, 2.24) is 14.6 Å². The molecule has 1 N–H and O–H groups in total. The number of amides is 1. The predicted octanol–water partition coefficient (Wildman–Crippen LogP) is 3.91. The minimum Gasteiger partial charge on any atom is -0.444 e. The third-order valence-electron chi connectivity index (χ3n) is 5.58. The molecule has 12 heteroatoms. The first-order chi connectivity index (χ1) is 15.8. The fourth-order valence-corrected chi connectivity index (χ4v) is 7.65. The number of sulfonamides is 1. The van der Waals surface area contributed by atoms with E-state index < -0.39 is 32.5 Å². The first-order valence-electron chi connectivity index (χ1n) is 10.7. The highest BCUT2D eigenvalue weighted by molar-refractivity contribution is 7.90. The van der Waals surface area contributed by atoms with Crippen LogP contribution in [0.5, 0.6) is 0 Å². The Kier molecular flexibility index (Phi) is 6.43. The average molecular weight is 527 g/mol. The van der Waals surface area contributed by atoms with E-state index in [1.165, 1.54) is 18.4 Å². The highest BCUT2D eigenvalue weighted by Gasteiger charge is 2.57. The fraction of sp³-hybridized carbons (Fsp3) is 0.500. The molecule has 184 valence electrons. The zero-order chi connectivity index (χ0) is 24.9. The van der Waals surface area contributed by atoms with Gasteiger partial charge in [-0.3, -0.25) is 10.3 Å². The molecule has 9 nitrogen and oxygen atoms in total. The number of ether oxygens (including phenoxy) is 2. The number of guanidine groups is 1. The van der Waals surface area contributed by atoms with Gasteiger partial charge in [0.15, 0.2) is 0 Å². The van der Waals surface area contributed by atoms with Crippen LogP contribution in [-0.4, -0.2) is 60.9 Å². The number of hydrogen-bond donors (Lipinski definition) is 1. The largest absolute Gasteiger partial charge is 0.444 e. The van der Waals surface area contributed by atoms with Crippen molar-refractivity contribution in [1.29, 1.82) is 0 Å². The summed E-state index contributed by atoms with van der Waals surface area (Å²) in [5, 5.41) is 1.99. The van der Waals surface area contributed by atoms with Gasteiger partial charge in [0.2, 0.25) is 16.0 Å². The quantitative estimate of drug-likeness (QED) is 0.635. The van der Waals surface area contributed by atoms with Crippen LogP contribution in [0.4, 0.5) is 4.79 Å². The lowest BCUT2D eigenvalue weighted by Gasteiger charge is -2.45. The Morgan fingerprint density at radius 3 is 2.76 bits per heavy atom. The molecular weight excluding hydrogens is 500 g/mol. The second-order valence-electron chi connectivity index (χ2n) is 9.37. The summed E-state index contributed by atoms with van der Waals surface area (Å²) < 4.78 is 39.2. The van der Waals surface area contributed by atoms with Crippen LogP contribution < -0.4 is 5.32 Å². The van der Waals surface area contributed by atoms with Gasteiger partial charge in [-0.05, 0) is 51.8 Å². The summed E-state index contributed by atoms with van der Waals surface area (Å²) in [7, 11) is -2.53. The van der Waals surface area contributed by atoms with Crippen molar-refractivity contribution in [3.8, 4) is 10.4 Å². The predicted molar refractivity (Wildman–Crippen MR) is 132 cm³/mol. The van der Waals surface area contributed by atoms with Gasteiger partial charge in [0, 0.05) is 36.5 Å². The van der Waals surface area contributed by atoms with E-state index in [9.17, 15) is 13.2 Å². The summed E-state index contributed by atoms with van der Waals surface area (Å²) >= 11 is 8.05. The Balaban J connectivity index is 1.84. The van der Waals surface area contributed by atoms with E-state index in [2.05, 4.69) is 10.3 Å². The number of nitrogens with zero attached hydrogens (tertiary/aromatic N) is 3. The molecule has 4 rings (SSSR count). The van der Waals surface area contributed by atoms with Gasteiger partial charge in [-0.15, -0.1) is 11.3 Å². The zero-order valence-corrected chi connectivity index (χ0v) is 22.0. The van der Waals surface area contributed by atoms with E-state index in [0.29, 0.717) is 9.90 Å². The molecule has 2 aliphatic heterocycles. The van der Waals surface area contributed by atoms with E-state index in [4.69, 9.17) is 26.1 Å². The number of carbonyl (C=O) groups is 1. The molecule has 0 saturated carbocycles. The molecule has 0 aliphatic carbocycles. The van der Waals surface area contributed by atoms with Gasteiger partial charge in [-0.1, -0.05) is 11.6 Å². The van der Waals surface area contributed by atoms with Gasteiger partial charge in [-0.2, -0.15) is 0 Å². The number of hydrogen-bond acceptors (Lipinski definition) is 8. The number of aliphatic imine (C=N–C) groups is 1. The van der Waals surface area contributed by atoms with Gasteiger partial charge < -0.3 is 9.47 Å². The maximum absolute atomic E-state index is 13.6. The molecule has 34 heavy (non-hydrogen) atoms. The molecule has 0 bridgehead atoms. The summed E-state index contributed by atoms with van der Waals surface area (Å²) in [5.74, 6) is -0.140. The zero-order valence-electron chi connectivity index (χ0n) is 19.6. The summed E-state index contributed by atoms with van der Waals surface area (Å²) in [4.78, 5) is 22.9. The van der Waals surface area contributed by atoms with Crippen molar-refractivity contribution in [2.75, 3.05) is 20.3 Å². The first-order valence-corrected chi connectivity index (χ1v) is 13.4. The number of thiophene rings is 1. The van der Waals surface area contributed by atoms with E-state index >= 15 is 0 Å². The maximum atomic E-state index is 13.6. The van der Waals surface area contributed by atoms with Gasteiger partial charge in [0.05, 0.1) is 16.5 Å². The molecule has 1 fully saturated rings. The van der Waals surface area contributed by atoms with Gasteiger partial charge >= 0.3 is 6.09 Å². The van der Waals surface area contributed by atoms with Crippen LogP contribution in [0, 0.1) is 6.92 Å². The van der Waals surface area contributed by atoms with Crippen molar-refractivity contribution >= 4 is 45.0 Å². The third kappa shape index (κ3) is 4.53. The summed E-state index contributed by atoms with van der Waals surface area (Å²) in [5.41, 5.74) is -0.219. The van der Waals surface area contributed by atoms with Crippen LogP contribution in [-0.2, 0) is 25.0 Å². The molecular formula is C22H27ClN4O5S2. The molecule has 2 atom stereocenters. The van der Waals surface area contributed by atoms with Crippen LogP contribution >= 0.6 is 22.9 Å². The molecule has 0 spiro atoms. The first kappa shape index (κ1) is 24.9. The Morgan fingerprint density at radius 2 is 2.09 bits per heavy atom. The SMILES string of the molecule is Cc1cncc(-c2cc(Cl)c([C@]34COCCC3S(=O)(=O)N(C)C(NC(=O)OC(C)(C)C)=N4)s2)c1. The number of aromatic nitrogens is 1. The number of aryl methyl sites for hydroxylation is 1. The lowest BCUT2D eigenvalue weighted by atomic mass is 9.90. The number of carbonyl (C=O) groups excluding carboxylic acids is 1. The van der Waals surface area contributed by atoms with Crippen molar-refractivity contribution in [2.24, 2.45) is 4.99 Å². The van der Waals surface area contributed by atoms with Crippen molar-refractivity contribution in [2.45, 2.75) is 50.5 Å². The molecule has 1 saturated heterocycles. The van der Waals surface area contributed by atoms with Gasteiger partial charge in [0.25, 0.3) is 0 Å². The minimum absolute atomic E-state index is 0.00990. The Hall–Kier alpha value is -2.21. The van der Waals surface area contributed by atoms with Crippen LogP contribution in [0.25, 0.3) is 10.4 Å². The molecule has 2 aromatic heterocycles. The average Bonchev–Trinajstić information content (AvgIpc) is 3.13. The summed E-state index contributed by atoms with van der Waals surface area (Å²) in [6, 6.07) is 3.77. The molecule has 0 aromatic carbocycles. The van der Waals surface area contributed by atoms with E-state index in [1.54, 1.807) is 39.2 Å². The summed E-state index contributed by atoms with van der Waals surface area (Å²) in [6.07, 6.45) is 2.93. The van der Waals surface area contributed by atoms with Crippen molar-refractivity contribution in [3.63, 3.8) is 0 Å². The van der Waals surface area contributed by atoms with E-state index in [0.717, 1.165) is 20.3 Å². The number of fused-ring (bicyclic) bond motifs is 1. The summed E-state index contributed by atoms with van der Waals surface area (Å²) in [6.45, 7) is 7.39. The Bertz CT molecular complexity index is 1250. The normalized spacial score (nSPS) is 24.2. The fourth-order valence-electron chi connectivity index (χ4n) is 4.08. The standard InChI is InChI=1S/C22H27ClN4O5S2/c1-13-8-14(11-24-10-13)16-9-15(23)18(33-16)22-12-31-7-6-17(22)34(29,30)27(5)19(26-22)25-20(28)32-21(2,3)4/h8-11,17H,6-7,12H2,1-5H3,(H,25,26,28)/t17?,22-/m0/s1. The maximum Gasteiger partial charge on any atom is 0.414 e. The topological polar surface area (TPSA) is 110 Å². The van der Waals surface area contributed by atoms with Crippen LogP contribution in [0.15, 0.2) is 29.5 Å². The van der Waals surface area contributed by atoms with Gasteiger partial charge in [-0.25, -0.2) is 22.5 Å². The molecule has 1 unspecified atom stereocenters. The highest BCUT2D eigenvalue weighted by Crippen LogP contribution is 2.49. The molecule has 4 heterocycles. The number of nitrogens with one attached hydrogen (secondary N) is 1. The van der Waals surface area contributed by atoms with Crippen LogP contribution in [0.3, 0.4) is 0 Å². The third-order valence-corrected chi connectivity index (χ3v) is 9.62. The number of rotatable bonds is 2. The van der Waals surface area contributed by atoms with Gasteiger partial charge in [0.1, 0.15) is 16.4 Å². The smallest absolute Gasteiger partial charge is 0.414 e. The molecule has 0 radical (unpaired) electrons.